The van der Waals surface area contributed by atoms with Crippen molar-refractivity contribution in [3.8, 4) is 11.1 Å². The second-order valence-corrected chi connectivity index (χ2v) is 7.16. The van der Waals surface area contributed by atoms with Crippen LogP contribution in [0.1, 0.15) is 0 Å². The van der Waals surface area contributed by atoms with Gasteiger partial charge in [0.15, 0.2) is 0 Å². The van der Waals surface area contributed by atoms with Crippen LogP contribution in [0.5, 0.6) is 0 Å². The molecule has 126 valence electrons. The van der Waals surface area contributed by atoms with Crippen molar-refractivity contribution in [2.75, 3.05) is 0 Å². The maximum atomic E-state index is 3.58. The predicted molar refractivity (Wildman–Crippen MR) is 116 cm³/mol. The molecule has 0 radical (unpaired) electrons. The van der Waals surface area contributed by atoms with Crippen LogP contribution in [0.15, 0.2) is 97.1 Å². The highest BCUT2D eigenvalue weighted by Crippen LogP contribution is 2.35. The molecule has 1 heterocycles. The average Bonchev–Trinajstić information content (AvgIpc) is 3.11. The van der Waals surface area contributed by atoms with E-state index in [9.17, 15) is 0 Å². The Bertz CT molecular complexity index is 1470. The van der Waals surface area contributed by atoms with E-state index in [-0.39, 0.29) is 0 Å². The van der Waals surface area contributed by atoms with Crippen molar-refractivity contribution in [1.82, 2.24) is 4.98 Å². The quantitative estimate of drug-likeness (QED) is 0.322. The van der Waals surface area contributed by atoms with Crippen molar-refractivity contribution < 1.29 is 0 Å². The molecule has 6 aromatic rings. The summed E-state index contributed by atoms with van der Waals surface area (Å²) in [4.78, 5) is 3.58. The number of aromatic amines is 1. The first-order valence-electron chi connectivity index (χ1n) is 9.29. The molecule has 5 aromatic carbocycles. The van der Waals surface area contributed by atoms with E-state index in [1.165, 1.54) is 54.5 Å². The van der Waals surface area contributed by atoms with Gasteiger partial charge in [-0.2, -0.15) is 0 Å². The van der Waals surface area contributed by atoms with Gasteiger partial charge in [0.25, 0.3) is 0 Å². The molecule has 0 saturated carbocycles. The van der Waals surface area contributed by atoms with Crippen LogP contribution in [-0.2, 0) is 0 Å². The summed E-state index contributed by atoms with van der Waals surface area (Å²) in [5.41, 5.74) is 4.89. The molecule has 0 aliphatic carbocycles. The van der Waals surface area contributed by atoms with E-state index in [2.05, 4.69) is 102 Å². The lowest BCUT2D eigenvalue weighted by Crippen LogP contribution is -1.80. The first-order chi connectivity index (χ1) is 13.4. The molecule has 0 aliphatic heterocycles. The normalized spacial score (nSPS) is 11.7. The average molecular weight is 343 g/mol. The topological polar surface area (TPSA) is 15.8 Å². The first-order valence-corrected chi connectivity index (χ1v) is 9.29. The number of rotatable bonds is 1. The fourth-order valence-corrected chi connectivity index (χ4v) is 4.22. The van der Waals surface area contributed by atoms with Crippen molar-refractivity contribution in [1.29, 1.82) is 0 Å². The summed E-state index contributed by atoms with van der Waals surface area (Å²) in [6, 6.07) is 35.0. The molecule has 0 bridgehead atoms. The second kappa shape index (κ2) is 5.46. The zero-order chi connectivity index (χ0) is 17.8. The van der Waals surface area contributed by atoms with Gasteiger partial charge in [0, 0.05) is 21.8 Å². The van der Waals surface area contributed by atoms with E-state index in [4.69, 9.17) is 0 Å². The number of H-pyrrole nitrogens is 1. The lowest BCUT2D eigenvalue weighted by Gasteiger charge is -2.05. The van der Waals surface area contributed by atoms with Gasteiger partial charge in [-0.15, -0.1) is 0 Å². The maximum Gasteiger partial charge on any atom is 0.0471 e. The summed E-state index contributed by atoms with van der Waals surface area (Å²) < 4.78 is 0. The fraction of sp³-hybridized carbons (Fsp3) is 0. The minimum Gasteiger partial charge on any atom is -0.354 e. The van der Waals surface area contributed by atoms with Crippen LogP contribution in [0.25, 0.3) is 54.5 Å². The summed E-state index contributed by atoms with van der Waals surface area (Å²) in [7, 11) is 0. The number of hydrogen-bond donors (Lipinski definition) is 1. The zero-order valence-corrected chi connectivity index (χ0v) is 14.7. The minimum absolute atomic E-state index is 1.19. The van der Waals surface area contributed by atoms with Crippen molar-refractivity contribution in [3.05, 3.63) is 97.1 Å². The monoisotopic (exact) mass is 343 g/mol. The lowest BCUT2D eigenvalue weighted by atomic mass is 9.98. The van der Waals surface area contributed by atoms with Crippen molar-refractivity contribution in [2.45, 2.75) is 0 Å². The largest absolute Gasteiger partial charge is 0.354 e. The van der Waals surface area contributed by atoms with Gasteiger partial charge in [-0.05, 0) is 56.9 Å². The Hall–Kier alpha value is -3.58. The smallest absolute Gasteiger partial charge is 0.0471 e. The third-order valence-electron chi connectivity index (χ3n) is 5.57. The zero-order valence-electron chi connectivity index (χ0n) is 14.7. The van der Waals surface area contributed by atoms with Crippen LogP contribution in [0.4, 0.5) is 0 Å². The molecule has 0 aliphatic rings. The molecular weight excluding hydrogens is 326 g/mol. The molecular formula is C26H17N. The third kappa shape index (κ3) is 2.18. The Kier molecular flexibility index (Phi) is 2.95. The molecule has 27 heavy (non-hydrogen) atoms. The third-order valence-corrected chi connectivity index (χ3v) is 5.57. The molecule has 1 heteroatoms. The number of hydrogen-bond acceptors (Lipinski definition) is 0. The van der Waals surface area contributed by atoms with Crippen LogP contribution >= 0.6 is 0 Å². The molecule has 0 unspecified atom stereocenters. The molecule has 0 fully saturated rings. The molecule has 6 rings (SSSR count). The SMILES string of the molecule is c1ccc2cc(-c3ccc4[nH]c5ccc6ccccc6c5c4c3)ccc2c1. The van der Waals surface area contributed by atoms with E-state index in [1.807, 2.05) is 0 Å². The molecule has 0 spiro atoms. The van der Waals surface area contributed by atoms with Gasteiger partial charge in [-0.3, -0.25) is 0 Å². The maximum absolute atomic E-state index is 3.58. The van der Waals surface area contributed by atoms with Crippen LogP contribution in [0.2, 0.25) is 0 Å². The van der Waals surface area contributed by atoms with E-state index in [1.54, 1.807) is 0 Å². The van der Waals surface area contributed by atoms with Gasteiger partial charge in [-0.1, -0.05) is 72.8 Å². The van der Waals surface area contributed by atoms with Crippen LogP contribution in [-0.4, -0.2) is 4.98 Å². The molecule has 0 saturated heterocycles. The first kappa shape index (κ1) is 14.6. The number of benzene rings is 5. The summed E-state index contributed by atoms with van der Waals surface area (Å²) in [6.07, 6.45) is 0. The Morgan fingerprint density at radius 1 is 0.444 bits per heavy atom. The minimum atomic E-state index is 1.19. The van der Waals surface area contributed by atoms with E-state index < -0.39 is 0 Å². The van der Waals surface area contributed by atoms with Crippen molar-refractivity contribution in [3.63, 3.8) is 0 Å². The van der Waals surface area contributed by atoms with Crippen LogP contribution in [0.3, 0.4) is 0 Å². The molecule has 0 atom stereocenters. The summed E-state index contributed by atoms with van der Waals surface area (Å²) in [5, 5.41) is 7.73. The Morgan fingerprint density at radius 3 is 2.04 bits per heavy atom. The Balaban J connectivity index is 1.66. The standard InChI is InChI=1S/C26H17N/c1-2-7-19-15-20(10-9-17(19)5-1)21-12-13-24-23(16-21)26-22-8-4-3-6-18(22)11-14-25(26)27-24/h1-16,27H. The van der Waals surface area contributed by atoms with Gasteiger partial charge in [-0.25, -0.2) is 0 Å². The van der Waals surface area contributed by atoms with Gasteiger partial charge in [0.2, 0.25) is 0 Å². The molecule has 1 nitrogen and oxygen atoms in total. The van der Waals surface area contributed by atoms with Gasteiger partial charge < -0.3 is 4.98 Å². The van der Waals surface area contributed by atoms with Crippen molar-refractivity contribution >= 4 is 43.4 Å². The summed E-state index contributed by atoms with van der Waals surface area (Å²) in [6.45, 7) is 0. The molecule has 0 amide bonds. The van der Waals surface area contributed by atoms with Crippen LogP contribution in [0, 0.1) is 0 Å². The highest BCUT2D eigenvalue weighted by atomic mass is 14.7. The number of nitrogens with one attached hydrogen (secondary N) is 1. The number of aromatic nitrogens is 1. The predicted octanol–water partition coefficient (Wildman–Crippen LogP) is 7.29. The van der Waals surface area contributed by atoms with Gasteiger partial charge in [0.05, 0.1) is 0 Å². The summed E-state index contributed by atoms with van der Waals surface area (Å²) >= 11 is 0. The van der Waals surface area contributed by atoms with Crippen molar-refractivity contribution in [2.24, 2.45) is 0 Å². The fourth-order valence-electron chi connectivity index (χ4n) is 4.22. The van der Waals surface area contributed by atoms with Crippen LogP contribution < -0.4 is 0 Å². The van der Waals surface area contributed by atoms with E-state index in [0.717, 1.165) is 0 Å². The Labute approximate surface area is 156 Å². The summed E-state index contributed by atoms with van der Waals surface area (Å²) in [5.74, 6) is 0. The highest BCUT2D eigenvalue weighted by molar-refractivity contribution is 6.20. The Morgan fingerprint density at radius 2 is 1.11 bits per heavy atom. The lowest BCUT2D eigenvalue weighted by molar-refractivity contribution is 1.55. The van der Waals surface area contributed by atoms with E-state index in [0.29, 0.717) is 0 Å². The second-order valence-electron chi connectivity index (χ2n) is 7.16. The molecule has 1 N–H and O–H groups in total. The highest BCUT2D eigenvalue weighted by Gasteiger charge is 2.09. The number of fused-ring (bicyclic) bond motifs is 6. The molecule has 1 aromatic heterocycles. The van der Waals surface area contributed by atoms with Gasteiger partial charge in [0.1, 0.15) is 0 Å². The van der Waals surface area contributed by atoms with Gasteiger partial charge >= 0.3 is 0 Å². The van der Waals surface area contributed by atoms with E-state index >= 15 is 0 Å².